The van der Waals surface area contributed by atoms with Crippen molar-refractivity contribution in [2.75, 3.05) is 13.2 Å². The number of benzene rings is 1. The zero-order valence-corrected chi connectivity index (χ0v) is 10.4. The van der Waals surface area contributed by atoms with Gasteiger partial charge >= 0.3 is 0 Å². The van der Waals surface area contributed by atoms with E-state index in [1.807, 2.05) is 23.1 Å². The van der Waals surface area contributed by atoms with Gasteiger partial charge in [-0.3, -0.25) is 4.79 Å². The van der Waals surface area contributed by atoms with Gasteiger partial charge in [0.1, 0.15) is 6.61 Å². The molecule has 2 aliphatic heterocycles. The third kappa shape index (κ3) is 1.88. The summed E-state index contributed by atoms with van der Waals surface area (Å²) in [6.07, 6.45) is 0.905. The molecule has 94 valence electrons. The molecule has 1 aromatic carbocycles. The Hall–Kier alpha value is -1.84. The van der Waals surface area contributed by atoms with Crippen molar-refractivity contribution in [3.8, 4) is 0 Å². The molecule has 2 atom stereocenters. The number of amides is 1. The van der Waals surface area contributed by atoms with Crippen molar-refractivity contribution in [2.45, 2.75) is 19.4 Å². The number of oxime groups is 1. The number of hydrogen-bond acceptors (Lipinski definition) is 3. The predicted octanol–water partition coefficient (Wildman–Crippen LogP) is 1.98. The Bertz CT molecular complexity index is 484. The van der Waals surface area contributed by atoms with Crippen LogP contribution in [0.2, 0.25) is 0 Å². The zero-order chi connectivity index (χ0) is 12.5. The summed E-state index contributed by atoms with van der Waals surface area (Å²) in [5, 5.41) is 4.04. The van der Waals surface area contributed by atoms with Crippen molar-refractivity contribution in [3.63, 3.8) is 0 Å². The minimum Gasteiger partial charge on any atom is -0.395 e. The first-order valence-electron chi connectivity index (χ1n) is 6.26. The number of fused-ring (bicyclic) bond motifs is 1. The van der Waals surface area contributed by atoms with Crippen LogP contribution in [0.25, 0.3) is 0 Å². The van der Waals surface area contributed by atoms with Crippen molar-refractivity contribution in [1.82, 2.24) is 4.90 Å². The van der Waals surface area contributed by atoms with E-state index in [-0.39, 0.29) is 11.9 Å². The van der Waals surface area contributed by atoms with Crippen molar-refractivity contribution >= 4 is 11.6 Å². The van der Waals surface area contributed by atoms with E-state index in [0.29, 0.717) is 19.1 Å². The van der Waals surface area contributed by atoms with Gasteiger partial charge in [-0.1, -0.05) is 35.5 Å². The number of carbonyl (C=O) groups is 1. The topological polar surface area (TPSA) is 41.9 Å². The summed E-state index contributed by atoms with van der Waals surface area (Å²) < 4.78 is 0. The lowest BCUT2D eigenvalue weighted by Gasteiger charge is -2.37. The Morgan fingerprint density at radius 3 is 2.89 bits per heavy atom. The van der Waals surface area contributed by atoms with Gasteiger partial charge in [0.05, 0.1) is 18.3 Å². The Labute approximate surface area is 106 Å². The Balaban J connectivity index is 1.91. The molecule has 2 heterocycles. The van der Waals surface area contributed by atoms with Gasteiger partial charge in [-0.15, -0.1) is 0 Å². The van der Waals surface area contributed by atoms with Crippen LogP contribution in [0.15, 0.2) is 35.5 Å². The normalized spacial score (nSPS) is 26.3. The largest absolute Gasteiger partial charge is 0.395 e. The first-order chi connectivity index (χ1) is 8.75. The Kier molecular flexibility index (Phi) is 2.78. The van der Waals surface area contributed by atoms with Crippen LogP contribution < -0.4 is 0 Å². The van der Waals surface area contributed by atoms with Gasteiger partial charge in [0.15, 0.2) is 0 Å². The molecule has 0 aliphatic carbocycles. The molecule has 1 fully saturated rings. The van der Waals surface area contributed by atoms with E-state index in [2.05, 4.69) is 17.3 Å². The van der Waals surface area contributed by atoms with Crippen LogP contribution in [0.4, 0.5) is 0 Å². The first kappa shape index (κ1) is 11.3. The maximum absolute atomic E-state index is 11.8. The number of piperidine rings is 1. The lowest BCUT2D eigenvalue weighted by atomic mass is 9.86. The van der Waals surface area contributed by atoms with Crippen LogP contribution in [0.5, 0.6) is 0 Å². The molecule has 4 heteroatoms. The van der Waals surface area contributed by atoms with Crippen LogP contribution >= 0.6 is 0 Å². The highest BCUT2D eigenvalue weighted by Crippen LogP contribution is 2.35. The average Bonchev–Trinajstić information content (AvgIpc) is 2.85. The summed E-state index contributed by atoms with van der Waals surface area (Å²) in [5.74, 6) is 0.461. The molecule has 0 radical (unpaired) electrons. The average molecular weight is 244 g/mol. The third-order valence-corrected chi connectivity index (χ3v) is 3.73. The van der Waals surface area contributed by atoms with E-state index >= 15 is 0 Å². The van der Waals surface area contributed by atoms with Crippen LogP contribution in [0.3, 0.4) is 0 Å². The second kappa shape index (κ2) is 4.44. The molecule has 4 nitrogen and oxygen atoms in total. The van der Waals surface area contributed by atoms with Crippen LogP contribution in [-0.4, -0.2) is 29.7 Å². The molecule has 0 aromatic heterocycles. The fourth-order valence-corrected chi connectivity index (χ4v) is 2.75. The van der Waals surface area contributed by atoms with Gasteiger partial charge in [-0.2, -0.15) is 0 Å². The van der Waals surface area contributed by atoms with E-state index < -0.39 is 0 Å². The SMILES string of the molecule is CC(=O)N1CC2=NOC[C@H]2C[C@@H]1c1ccccc1. The van der Waals surface area contributed by atoms with E-state index in [0.717, 1.165) is 12.1 Å². The molecule has 1 saturated heterocycles. The summed E-state index contributed by atoms with van der Waals surface area (Å²) in [5.41, 5.74) is 2.20. The van der Waals surface area contributed by atoms with E-state index in [1.165, 1.54) is 5.56 Å². The Morgan fingerprint density at radius 1 is 1.39 bits per heavy atom. The third-order valence-electron chi connectivity index (χ3n) is 3.73. The summed E-state index contributed by atoms with van der Waals surface area (Å²) in [6, 6.07) is 10.3. The maximum atomic E-state index is 11.8. The molecular weight excluding hydrogens is 228 g/mol. The second-order valence-electron chi connectivity index (χ2n) is 4.88. The molecule has 0 bridgehead atoms. The summed E-state index contributed by atoms with van der Waals surface area (Å²) in [7, 11) is 0. The second-order valence-corrected chi connectivity index (χ2v) is 4.88. The van der Waals surface area contributed by atoms with Gasteiger partial charge in [0.25, 0.3) is 0 Å². The van der Waals surface area contributed by atoms with Crippen LogP contribution in [0, 0.1) is 5.92 Å². The maximum Gasteiger partial charge on any atom is 0.220 e. The lowest BCUT2D eigenvalue weighted by Crippen LogP contribution is -2.44. The summed E-state index contributed by atoms with van der Waals surface area (Å²) in [4.78, 5) is 18.8. The van der Waals surface area contributed by atoms with Gasteiger partial charge in [-0.25, -0.2) is 0 Å². The van der Waals surface area contributed by atoms with Gasteiger partial charge in [-0.05, 0) is 12.0 Å². The van der Waals surface area contributed by atoms with E-state index in [1.54, 1.807) is 6.92 Å². The molecule has 2 aliphatic rings. The number of carbonyl (C=O) groups excluding carboxylic acids is 1. The molecular formula is C14H16N2O2. The number of rotatable bonds is 1. The van der Waals surface area contributed by atoms with Gasteiger partial charge in [0.2, 0.25) is 5.91 Å². The van der Waals surface area contributed by atoms with Crippen molar-refractivity contribution in [1.29, 1.82) is 0 Å². The minimum atomic E-state index is 0.0944. The van der Waals surface area contributed by atoms with Gasteiger partial charge < -0.3 is 9.74 Å². The summed E-state index contributed by atoms with van der Waals surface area (Å²) in [6.45, 7) is 2.87. The van der Waals surface area contributed by atoms with Crippen LogP contribution in [0.1, 0.15) is 24.9 Å². The quantitative estimate of drug-likeness (QED) is 0.758. The van der Waals surface area contributed by atoms with Crippen molar-refractivity contribution in [2.24, 2.45) is 11.1 Å². The summed E-state index contributed by atoms with van der Waals surface area (Å²) >= 11 is 0. The lowest BCUT2D eigenvalue weighted by molar-refractivity contribution is -0.131. The predicted molar refractivity (Wildman–Crippen MR) is 68.1 cm³/mol. The first-order valence-corrected chi connectivity index (χ1v) is 6.26. The van der Waals surface area contributed by atoms with E-state index in [9.17, 15) is 4.79 Å². The molecule has 0 spiro atoms. The number of hydrogen-bond donors (Lipinski definition) is 0. The number of likely N-dealkylation sites (tertiary alicyclic amines) is 1. The molecule has 0 N–H and O–H groups in total. The van der Waals surface area contributed by atoms with Gasteiger partial charge in [0, 0.05) is 12.8 Å². The smallest absolute Gasteiger partial charge is 0.220 e. The fraction of sp³-hybridized carbons (Fsp3) is 0.429. The molecule has 0 unspecified atom stereocenters. The zero-order valence-electron chi connectivity index (χ0n) is 10.4. The molecule has 1 amide bonds. The fourth-order valence-electron chi connectivity index (χ4n) is 2.75. The number of nitrogens with zero attached hydrogens (tertiary/aromatic N) is 2. The van der Waals surface area contributed by atoms with Crippen molar-refractivity contribution < 1.29 is 9.63 Å². The van der Waals surface area contributed by atoms with Crippen LogP contribution in [-0.2, 0) is 9.63 Å². The van der Waals surface area contributed by atoms with E-state index in [4.69, 9.17) is 4.84 Å². The monoisotopic (exact) mass is 244 g/mol. The molecule has 0 saturated carbocycles. The Morgan fingerprint density at radius 2 is 2.17 bits per heavy atom. The minimum absolute atomic E-state index is 0.0944. The highest BCUT2D eigenvalue weighted by Gasteiger charge is 2.37. The molecule has 18 heavy (non-hydrogen) atoms. The highest BCUT2D eigenvalue weighted by atomic mass is 16.6. The molecule has 3 rings (SSSR count). The highest BCUT2D eigenvalue weighted by molar-refractivity contribution is 5.93. The molecule has 1 aromatic rings. The standard InChI is InChI=1S/C14H16N2O2/c1-10(17)16-8-13-12(9-18-15-13)7-14(16)11-5-3-2-4-6-11/h2-6,12,14H,7-9H2,1H3/t12-,14-/m1/s1. The van der Waals surface area contributed by atoms with Crippen molar-refractivity contribution in [3.05, 3.63) is 35.9 Å².